The van der Waals surface area contributed by atoms with Crippen molar-refractivity contribution in [2.24, 2.45) is 0 Å². The van der Waals surface area contributed by atoms with Crippen molar-refractivity contribution in [3.8, 4) is 0 Å². The fraction of sp³-hybridized carbons (Fsp3) is 0.143. The molecule has 1 nitrogen and oxygen atoms in total. The quantitative estimate of drug-likeness (QED) is 0.884. The van der Waals surface area contributed by atoms with Crippen molar-refractivity contribution in [3.63, 3.8) is 0 Å². The van der Waals surface area contributed by atoms with Crippen LogP contribution in [0.3, 0.4) is 0 Å². The molecule has 0 saturated heterocycles. The van der Waals surface area contributed by atoms with Crippen LogP contribution >= 0.6 is 15.9 Å². The summed E-state index contributed by atoms with van der Waals surface area (Å²) in [6.45, 7) is 2.04. The molecular formula is C14H13BrO. The highest BCUT2D eigenvalue weighted by atomic mass is 79.9. The number of hydrogen-bond donors (Lipinski definition) is 1. The van der Waals surface area contributed by atoms with Gasteiger partial charge in [-0.25, -0.2) is 0 Å². The Morgan fingerprint density at radius 1 is 0.875 bits per heavy atom. The van der Waals surface area contributed by atoms with Gasteiger partial charge in [0.2, 0.25) is 0 Å². The summed E-state index contributed by atoms with van der Waals surface area (Å²) in [6, 6.07) is 15.7. The summed E-state index contributed by atoms with van der Waals surface area (Å²) in [5.41, 5.74) is 3.03. The second kappa shape index (κ2) is 4.81. The fourth-order valence-corrected chi connectivity index (χ4v) is 1.85. The molecular weight excluding hydrogens is 264 g/mol. The summed E-state index contributed by atoms with van der Waals surface area (Å²) in [5, 5.41) is 10.2. The summed E-state index contributed by atoms with van der Waals surface area (Å²) in [7, 11) is 0. The van der Waals surface area contributed by atoms with Crippen molar-refractivity contribution >= 4 is 15.9 Å². The zero-order valence-corrected chi connectivity index (χ0v) is 10.6. The number of benzene rings is 2. The van der Waals surface area contributed by atoms with E-state index in [1.165, 1.54) is 5.56 Å². The van der Waals surface area contributed by atoms with E-state index in [2.05, 4.69) is 15.9 Å². The molecule has 82 valence electrons. The van der Waals surface area contributed by atoms with Crippen molar-refractivity contribution in [1.29, 1.82) is 0 Å². The van der Waals surface area contributed by atoms with Gasteiger partial charge < -0.3 is 5.11 Å². The van der Waals surface area contributed by atoms with Crippen molar-refractivity contribution in [2.75, 3.05) is 0 Å². The van der Waals surface area contributed by atoms with E-state index >= 15 is 0 Å². The third kappa shape index (κ3) is 2.52. The standard InChI is InChI=1S/C14H13BrO/c1-10-2-4-11(5-3-10)14(16)12-6-8-13(15)9-7-12/h2-9,14,16H,1H3/t14-/m0/s1. The number of hydrogen-bond acceptors (Lipinski definition) is 1. The Hall–Kier alpha value is -1.12. The van der Waals surface area contributed by atoms with Crippen LogP contribution in [0, 0.1) is 6.92 Å². The van der Waals surface area contributed by atoms with Gasteiger partial charge in [0.05, 0.1) is 0 Å². The van der Waals surface area contributed by atoms with E-state index in [1.54, 1.807) is 0 Å². The van der Waals surface area contributed by atoms with E-state index in [-0.39, 0.29) is 0 Å². The van der Waals surface area contributed by atoms with Gasteiger partial charge in [-0.05, 0) is 30.2 Å². The van der Waals surface area contributed by atoms with E-state index in [9.17, 15) is 5.11 Å². The largest absolute Gasteiger partial charge is 0.384 e. The summed E-state index contributed by atoms with van der Waals surface area (Å²) in [6.07, 6.45) is -0.548. The van der Waals surface area contributed by atoms with Gasteiger partial charge in [-0.1, -0.05) is 57.9 Å². The molecule has 0 aliphatic rings. The van der Waals surface area contributed by atoms with Crippen molar-refractivity contribution in [1.82, 2.24) is 0 Å². The Labute approximate surface area is 104 Å². The Morgan fingerprint density at radius 2 is 1.31 bits per heavy atom. The lowest BCUT2D eigenvalue weighted by Gasteiger charge is -2.11. The number of halogens is 1. The SMILES string of the molecule is Cc1ccc([C@H](O)c2ccc(Br)cc2)cc1. The highest BCUT2D eigenvalue weighted by Crippen LogP contribution is 2.23. The van der Waals surface area contributed by atoms with Crippen molar-refractivity contribution in [3.05, 3.63) is 69.7 Å². The highest BCUT2D eigenvalue weighted by molar-refractivity contribution is 9.10. The first-order valence-electron chi connectivity index (χ1n) is 5.17. The molecule has 2 rings (SSSR count). The van der Waals surface area contributed by atoms with Crippen LogP contribution in [-0.4, -0.2) is 5.11 Å². The van der Waals surface area contributed by atoms with Gasteiger partial charge >= 0.3 is 0 Å². The molecule has 0 spiro atoms. The van der Waals surface area contributed by atoms with E-state index in [0.29, 0.717) is 0 Å². The second-order valence-electron chi connectivity index (χ2n) is 3.86. The van der Waals surface area contributed by atoms with Crippen LogP contribution in [0.15, 0.2) is 53.0 Å². The van der Waals surface area contributed by atoms with Crippen molar-refractivity contribution < 1.29 is 5.11 Å². The minimum absolute atomic E-state index is 0.548. The van der Waals surface area contributed by atoms with Crippen LogP contribution in [0.4, 0.5) is 0 Å². The third-order valence-corrected chi connectivity index (χ3v) is 3.11. The van der Waals surface area contributed by atoms with Crippen LogP contribution in [0.2, 0.25) is 0 Å². The first-order valence-corrected chi connectivity index (χ1v) is 5.96. The van der Waals surface area contributed by atoms with Gasteiger partial charge in [-0.15, -0.1) is 0 Å². The topological polar surface area (TPSA) is 20.2 Å². The van der Waals surface area contributed by atoms with E-state index in [1.807, 2.05) is 55.5 Å². The van der Waals surface area contributed by atoms with E-state index in [0.717, 1.165) is 15.6 Å². The molecule has 0 aliphatic carbocycles. The van der Waals surface area contributed by atoms with Gasteiger partial charge in [-0.2, -0.15) is 0 Å². The van der Waals surface area contributed by atoms with Gasteiger partial charge in [0.15, 0.2) is 0 Å². The van der Waals surface area contributed by atoms with Crippen LogP contribution in [0.5, 0.6) is 0 Å². The summed E-state index contributed by atoms with van der Waals surface area (Å²) < 4.78 is 1.02. The first kappa shape index (κ1) is 11.4. The Kier molecular flexibility index (Phi) is 3.42. The second-order valence-corrected chi connectivity index (χ2v) is 4.78. The molecule has 2 aromatic carbocycles. The smallest absolute Gasteiger partial charge is 0.104 e. The minimum atomic E-state index is -0.548. The zero-order chi connectivity index (χ0) is 11.5. The predicted molar refractivity (Wildman–Crippen MR) is 69.4 cm³/mol. The van der Waals surface area contributed by atoms with Crippen LogP contribution < -0.4 is 0 Å². The Balaban J connectivity index is 2.28. The maximum Gasteiger partial charge on any atom is 0.104 e. The number of aliphatic hydroxyl groups excluding tert-OH is 1. The number of rotatable bonds is 2. The number of aryl methyl sites for hydroxylation is 1. The molecule has 16 heavy (non-hydrogen) atoms. The van der Waals surface area contributed by atoms with Crippen LogP contribution in [0.25, 0.3) is 0 Å². The van der Waals surface area contributed by atoms with E-state index in [4.69, 9.17) is 0 Å². The first-order chi connectivity index (χ1) is 7.66. The summed E-state index contributed by atoms with van der Waals surface area (Å²) in [5.74, 6) is 0. The van der Waals surface area contributed by atoms with Gasteiger partial charge in [0.1, 0.15) is 6.10 Å². The van der Waals surface area contributed by atoms with Crippen LogP contribution in [-0.2, 0) is 0 Å². The highest BCUT2D eigenvalue weighted by Gasteiger charge is 2.09. The lowest BCUT2D eigenvalue weighted by molar-refractivity contribution is 0.220. The van der Waals surface area contributed by atoms with Gasteiger partial charge in [0.25, 0.3) is 0 Å². The molecule has 0 bridgehead atoms. The lowest BCUT2D eigenvalue weighted by Crippen LogP contribution is -1.99. The average molecular weight is 277 g/mol. The molecule has 0 unspecified atom stereocenters. The molecule has 2 aromatic rings. The summed E-state index contributed by atoms with van der Waals surface area (Å²) in [4.78, 5) is 0. The molecule has 1 atom stereocenters. The maximum atomic E-state index is 10.2. The van der Waals surface area contributed by atoms with Crippen LogP contribution in [0.1, 0.15) is 22.8 Å². The third-order valence-electron chi connectivity index (χ3n) is 2.58. The lowest BCUT2D eigenvalue weighted by atomic mass is 10.0. The zero-order valence-electron chi connectivity index (χ0n) is 9.02. The molecule has 0 heterocycles. The normalized spacial score (nSPS) is 12.4. The number of aliphatic hydroxyl groups is 1. The molecule has 0 aliphatic heterocycles. The molecule has 0 amide bonds. The fourth-order valence-electron chi connectivity index (χ4n) is 1.59. The molecule has 0 saturated carbocycles. The average Bonchev–Trinajstić information content (AvgIpc) is 2.30. The molecule has 1 N–H and O–H groups in total. The maximum absolute atomic E-state index is 10.2. The minimum Gasteiger partial charge on any atom is -0.384 e. The summed E-state index contributed by atoms with van der Waals surface area (Å²) >= 11 is 3.38. The Morgan fingerprint density at radius 3 is 1.81 bits per heavy atom. The van der Waals surface area contributed by atoms with Crippen molar-refractivity contribution in [2.45, 2.75) is 13.0 Å². The molecule has 0 fully saturated rings. The Bertz CT molecular complexity index is 414. The molecule has 0 aromatic heterocycles. The van der Waals surface area contributed by atoms with Gasteiger partial charge in [-0.3, -0.25) is 0 Å². The van der Waals surface area contributed by atoms with E-state index < -0.39 is 6.10 Å². The van der Waals surface area contributed by atoms with Gasteiger partial charge in [0, 0.05) is 4.47 Å². The monoisotopic (exact) mass is 276 g/mol. The predicted octanol–water partition coefficient (Wildman–Crippen LogP) is 3.84. The molecule has 0 radical (unpaired) electrons. The molecule has 2 heteroatoms.